The van der Waals surface area contributed by atoms with E-state index in [-0.39, 0.29) is 18.2 Å². The number of thiophene rings is 1. The van der Waals surface area contributed by atoms with Crippen molar-refractivity contribution < 1.29 is 13.9 Å². The minimum absolute atomic E-state index is 0.0214. The summed E-state index contributed by atoms with van der Waals surface area (Å²) in [4.78, 5) is 13.6. The molecule has 1 aromatic heterocycles. The Morgan fingerprint density at radius 1 is 1.28 bits per heavy atom. The van der Waals surface area contributed by atoms with Gasteiger partial charge in [0.1, 0.15) is 11.6 Å². The zero-order chi connectivity index (χ0) is 13.1. The number of Topliss-reactive ketones (excluding diaryl/α,β-unsaturated/α-hetero) is 1. The van der Waals surface area contributed by atoms with Crippen LogP contribution in [-0.2, 0) is 0 Å². The van der Waals surface area contributed by atoms with Gasteiger partial charge in [-0.05, 0) is 49.7 Å². The number of benzene rings is 1. The Labute approximate surface area is 109 Å². The van der Waals surface area contributed by atoms with Gasteiger partial charge in [-0.15, -0.1) is 11.3 Å². The van der Waals surface area contributed by atoms with Crippen LogP contribution in [0, 0.1) is 19.7 Å². The van der Waals surface area contributed by atoms with Crippen molar-refractivity contribution in [2.45, 2.75) is 13.8 Å². The average Bonchev–Trinajstić information content (AvgIpc) is 2.74. The fourth-order valence-electron chi connectivity index (χ4n) is 1.57. The van der Waals surface area contributed by atoms with Gasteiger partial charge in [-0.1, -0.05) is 0 Å². The van der Waals surface area contributed by atoms with E-state index in [2.05, 4.69) is 0 Å². The summed E-state index contributed by atoms with van der Waals surface area (Å²) >= 11 is 1.45. The zero-order valence-corrected chi connectivity index (χ0v) is 11.0. The van der Waals surface area contributed by atoms with Crippen LogP contribution in [-0.4, -0.2) is 12.4 Å². The predicted molar refractivity (Wildman–Crippen MR) is 70.0 cm³/mol. The van der Waals surface area contributed by atoms with Gasteiger partial charge in [0.2, 0.25) is 5.78 Å². The summed E-state index contributed by atoms with van der Waals surface area (Å²) in [6, 6.07) is 7.94. The van der Waals surface area contributed by atoms with E-state index in [1.165, 1.54) is 29.5 Å². The van der Waals surface area contributed by atoms with Crippen LogP contribution in [0.4, 0.5) is 4.39 Å². The number of aryl methyl sites for hydroxylation is 2. The lowest BCUT2D eigenvalue weighted by molar-refractivity contribution is 0.0925. The third-order valence-electron chi connectivity index (χ3n) is 2.51. The number of halogens is 1. The van der Waals surface area contributed by atoms with E-state index in [0.717, 1.165) is 4.88 Å². The molecule has 0 aliphatic carbocycles. The molecule has 0 N–H and O–H groups in total. The summed E-state index contributed by atoms with van der Waals surface area (Å²) in [5.41, 5.74) is 0.685. The average molecular weight is 264 g/mol. The van der Waals surface area contributed by atoms with Crippen molar-refractivity contribution in [2.24, 2.45) is 0 Å². The van der Waals surface area contributed by atoms with Crippen molar-refractivity contribution in [3.8, 4) is 5.75 Å². The van der Waals surface area contributed by atoms with Gasteiger partial charge in [-0.25, -0.2) is 4.39 Å². The monoisotopic (exact) mass is 264 g/mol. The molecular weight excluding hydrogens is 251 g/mol. The van der Waals surface area contributed by atoms with Crippen LogP contribution >= 0.6 is 11.3 Å². The molecule has 4 heteroatoms. The third kappa shape index (κ3) is 2.96. The van der Waals surface area contributed by atoms with Crippen molar-refractivity contribution in [2.75, 3.05) is 6.61 Å². The first-order valence-corrected chi connectivity index (χ1v) is 6.36. The summed E-state index contributed by atoms with van der Waals surface area (Å²) in [5, 5.41) is 0. The Bertz CT molecular complexity index is 575. The number of carbonyl (C=O) groups excluding carboxylic acids is 1. The van der Waals surface area contributed by atoms with Gasteiger partial charge in [-0.2, -0.15) is 0 Å². The van der Waals surface area contributed by atoms with Gasteiger partial charge in [0.15, 0.2) is 6.61 Å². The van der Waals surface area contributed by atoms with E-state index < -0.39 is 0 Å². The lowest BCUT2D eigenvalue weighted by Crippen LogP contribution is -2.10. The molecule has 2 nitrogen and oxygen atoms in total. The predicted octanol–water partition coefficient (Wildman–Crippen LogP) is 3.77. The number of rotatable bonds is 4. The van der Waals surface area contributed by atoms with Crippen LogP contribution in [0.5, 0.6) is 5.75 Å². The van der Waals surface area contributed by atoms with Crippen LogP contribution < -0.4 is 4.74 Å². The summed E-state index contributed by atoms with van der Waals surface area (Å²) in [6.07, 6.45) is 0. The number of ketones is 1. The normalized spacial score (nSPS) is 10.4. The molecule has 18 heavy (non-hydrogen) atoms. The van der Waals surface area contributed by atoms with Gasteiger partial charge in [0, 0.05) is 4.88 Å². The van der Waals surface area contributed by atoms with E-state index >= 15 is 0 Å². The highest BCUT2D eigenvalue weighted by atomic mass is 32.1. The second kappa shape index (κ2) is 5.31. The van der Waals surface area contributed by atoms with Crippen LogP contribution in [0.3, 0.4) is 0 Å². The van der Waals surface area contributed by atoms with E-state index in [1.807, 2.05) is 13.0 Å². The van der Waals surface area contributed by atoms with E-state index in [1.54, 1.807) is 13.0 Å². The molecule has 0 radical (unpaired) electrons. The van der Waals surface area contributed by atoms with Crippen LogP contribution in [0.15, 0.2) is 30.3 Å². The second-order valence-electron chi connectivity index (χ2n) is 4.03. The maximum Gasteiger partial charge on any atom is 0.210 e. The highest BCUT2D eigenvalue weighted by Crippen LogP contribution is 2.20. The van der Waals surface area contributed by atoms with Crippen molar-refractivity contribution in [1.29, 1.82) is 0 Å². The molecule has 2 aromatic rings. The first-order valence-electron chi connectivity index (χ1n) is 5.55. The van der Waals surface area contributed by atoms with E-state index in [4.69, 9.17) is 4.74 Å². The fraction of sp³-hybridized carbons (Fsp3) is 0.214. The SMILES string of the molecule is Cc1ccc(C(=O)COc2ccc(F)cc2C)s1. The van der Waals surface area contributed by atoms with Gasteiger partial charge >= 0.3 is 0 Å². The second-order valence-corrected chi connectivity index (χ2v) is 5.32. The molecule has 0 fully saturated rings. The van der Waals surface area contributed by atoms with Crippen LogP contribution in [0.2, 0.25) is 0 Å². The highest BCUT2D eigenvalue weighted by molar-refractivity contribution is 7.14. The third-order valence-corrected chi connectivity index (χ3v) is 3.55. The maximum absolute atomic E-state index is 12.9. The first-order chi connectivity index (χ1) is 8.56. The Balaban J connectivity index is 2.01. The van der Waals surface area contributed by atoms with Gasteiger partial charge < -0.3 is 4.74 Å². The quantitative estimate of drug-likeness (QED) is 0.786. The number of hydrogen-bond donors (Lipinski definition) is 0. The lowest BCUT2D eigenvalue weighted by atomic mass is 10.2. The Morgan fingerprint density at radius 3 is 2.67 bits per heavy atom. The molecule has 2 rings (SSSR count). The van der Waals surface area contributed by atoms with Gasteiger partial charge in [0.25, 0.3) is 0 Å². The molecule has 0 saturated heterocycles. The van der Waals surface area contributed by atoms with Crippen molar-refractivity contribution >= 4 is 17.1 Å². The molecule has 0 atom stereocenters. The Hall–Kier alpha value is -1.68. The molecule has 0 aliphatic rings. The molecular formula is C14H13FO2S. The smallest absolute Gasteiger partial charge is 0.210 e. The number of ether oxygens (including phenoxy) is 1. The van der Waals surface area contributed by atoms with Crippen LogP contribution in [0.25, 0.3) is 0 Å². The molecule has 0 amide bonds. The summed E-state index contributed by atoms with van der Waals surface area (Å²) in [5.74, 6) is 0.176. The molecule has 1 heterocycles. The molecule has 1 aromatic carbocycles. The molecule has 94 valence electrons. The number of carbonyl (C=O) groups is 1. The maximum atomic E-state index is 12.9. The van der Waals surface area contributed by atoms with Gasteiger partial charge in [0.05, 0.1) is 4.88 Å². The van der Waals surface area contributed by atoms with Crippen molar-refractivity contribution in [3.63, 3.8) is 0 Å². The van der Waals surface area contributed by atoms with E-state index in [0.29, 0.717) is 16.2 Å². The van der Waals surface area contributed by atoms with Crippen LogP contribution in [0.1, 0.15) is 20.1 Å². The molecule has 0 spiro atoms. The highest BCUT2D eigenvalue weighted by Gasteiger charge is 2.10. The number of hydrogen-bond acceptors (Lipinski definition) is 3. The Morgan fingerprint density at radius 2 is 2.06 bits per heavy atom. The standard InChI is InChI=1S/C14H13FO2S/c1-9-7-11(15)4-5-13(9)17-8-12(16)14-6-3-10(2)18-14/h3-7H,8H2,1-2H3. The van der Waals surface area contributed by atoms with Crippen molar-refractivity contribution in [1.82, 2.24) is 0 Å². The summed E-state index contributed by atoms with van der Waals surface area (Å²) < 4.78 is 18.3. The first kappa shape index (κ1) is 12.8. The largest absolute Gasteiger partial charge is 0.485 e. The molecule has 0 bridgehead atoms. The summed E-state index contributed by atoms with van der Waals surface area (Å²) in [7, 11) is 0. The summed E-state index contributed by atoms with van der Waals surface area (Å²) in [6.45, 7) is 3.68. The minimum Gasteiger partial charge on any atom is -0.485 e. The zero-order valence-electron chi connectivity index (χ0n) is 10.2. The minimum atomic E-state index is -0.306. The topological polar surface area (TPSA) is 26.3 Å². The van der Waals surface area contributed by atoms with Crippen molar-refractivity contribution in [3.05, 3.63) is 51.5 Å². The Kier molecular flexibility index (Phi) is 3.77. The van der Waals surface area contributed by atoms with Gasteiger partial charge in [-0.3, -0.25) is 4.79 Å². The molecule has 0 aliphatic heterocycles. The molecule has 0 unspecified atom stereocenters. The lowest BCUT2D eigenvalue weighted by Gasteiger charge is -2.07. The molecule has 0 saturated carbocycles. The van der Waals surface area contributed by atoms with E-state index in [9.17, 15) is 9.18 Å². The fourth-order valence-corrected chi connectivity index (χ4v) is 2.37.